The maximum Gasteiger partial charge on any atom is 0.344 e. The van der Waals surface area contributed by atoms with Crippen LogP contribution in [0.5, 0.6) is 40.2 Å². The molecule has 0 amide bonds. The molecule has 0 spiro atoms. The van der Waals surface area contributed by atoms with Crippen molar-refractivity contribution >= 4 is 110 Å². The Hall–Kier alpha value is -17.0. The summed E-state index contributed by atoms with van der Waals surface area (Å²) in [6.45, 7) is 6.23. The highest BCUT2D eigenvalue weighted by Crippen LogP contribution is 2.36. The number of para-hydroxylation sites is 5. The fourth-order valence-corrected chi connectivity index (χ4v) is 13.9. The molecule has 22 heteroatoms. The maximum absolute atomic E-state index is 12.1. The molecule has 12 aromatic carbocycles. The van der Waals surface area contributed by atoms with Crippen LogP contribution in [0.2, 0.25) is 0 Å². The number of carbonyl (C=O) groups excluding carboxylic acids is 1. The number of ether oxygens (including phenoxy) is 7. The third-order valence-corrected chi connectivity index (χ3v) is 20.7. The first-order chi connectivity index (χ1) is 64.5. The van der Waals surface area contributed by atoms with Gasteiger partial charge < -0.3 is 48.5 Å². The molecule has 0 fully saturated rings. The molecule has 17 aromatic rings. The lowest BCUT2D eigenvalue weighted by atomic mass is 10.0. The Kier molecular flexibility index (Phi) is 35.1. The van der Waals surface area contributed by atoms with Crippen LogP contribution < -0.4 is 33.2 Å². The topological polar surface area (TPSA) is 300 Å². The molecular weight excluding hydrogens is 1680 g/mol. The summed E-state index contributed by atoms with van der Waals surface area (Å²) >= 11 is 0. The second kappa shape index (κ2) is 49.0. The lowest BCUT2D eigenvalue weighted by Gasteiger charge is -2.18. The minimum absolute atomic E-state index is 0. The highest BCUT2D eigenvalue weighted by Gasteiger charge is 2.21. The van der Waals surface area contributed by atoms with Crippen LogP contribution in [-0.4, -0.2) is 92.3 Å². The number of aromatic amines is 1. The van der Waals surface area contributed by atoms with Gasteiger partial charge in [-0.2, -0.15) is 5.21 Å². The van der Waals surface area contributed by atoms with E-state index in [0.717, 1.165) is 146 Å². The number of nitrogens with zero attached hydrogens (tertiary/aromatic N) is 7. The molecule has 4 N–H and O–H groups in total. The number of aliphatic carboxylic acids is 3. The zero-order valence-corrected chi connectivity index (χ0v) is 72.7. The Balaban J connectivity index is 0.000000160. The monoisotopic (exact) mass is 1780 g/mol. The fraction of sp³-hybridized carbons (Fsp3) is 0.134. The van der Waals surface area contributed by atoms with Crippen molar-refractivity contribution in [2.45, 2.75) is 94.0 Å². The SMILES string of the molecule is C.C.C(=C\c1ccc2ccccc2n1)/c1ccc(OCc2ccccc2Cc2nn[nH]n2)cc1.CC(Oc1ccccc1/C=C/c1ccc(OCc2ccc3ccccc3n2)cc1)C(=O)O.CCCc1c(OCc2cccc(OCc3ccc4ccccc4n3)c2)ccc(C(C)=O)c1OCC(=O)O.O=C(O)/C=C/c1ccccc1COc1ccc(/C=C/c2ccc3ccccc3n2)cc1. The summed E-state index contributed by atoms with van der Waals surface area (Å²) in [5.74, 6) is 1.76. The highest BCUT2D eigenvalue weighted by molar-refractivity contribution is 5.98. The number of rotatable bonds is 34. The van der Waals surface area contributed by atoms with Crippen LogP contribution in [0, 0.1) is 0 Å². The van der Waals surface area contributed by atoms with E-state index in [1.165, 1.54) is 13.8 Å². The summed E-state index contributed by atoms with van der Waals surface area (Å²) in [4.78, 5) is 63.7. The number of nitrogens with one attached hydrogen (secondary N) is 1. The molecule has 17 rings (SSSR count). The van der Waals surface area contributed by atoms with Crippen molar-refractivity contribution in [2.75, 3.05) is 6.61 Å². The normalized spacial score (nSPS) is 11.2. The lowest BCUT2D eigenvalue weighted by molar-refractivity contribution is -0.144. The van der Waals surface area contributed by atoms with Gasteiger partial charge in [0.15, 0.2) is 24.3 Å². The van der Waals surface area contributed by atoms with Gasteiger partial charge in [0.25, 0.3) is 0 Å². The van der Waals surface area contributed by atoms with Gasteiger partial charge in [-0.1, -0.05) is 270 Å². The number of aromatic nitrogens is 8. The zero-order valence-electron chi connectivity index (χ0n) is 72.7. The molecule has 0 radical (unpaired) electrons. The van der Waals surface area contributed by atoms with Crippen LogP contribution >= 0.6 is 0 Å². The van der Waals surface area contributed by atoms with Crippen LogP contribution in [0.15, 0.2) is 334 Å². The van der Waals surface area contributed by atoms with Crippen molar-refractivity contribution in [3.8, 4) is 40.2 Å². The van der Waals surface area contributed by atoms with Crippen LogP contribution in [0.25, 0.3) is 86.1 Å². The van der Waals surface area contributed by atoms with Gasteiger partial charge in [0.2, 0.25) is 0 Å². The van der Waals surface area contributed by atoms with Crippen LogP contribution in [0.1, 0.15) is 137 Å². The average Bonchev–Trinajstić information content (AvgIpc) is 1.37. The van der Waals surface area contributed by atoms with Crippen molar-refractivity contribution in [1.82, 2.24) is 40.6 Å². The molecule has 0 aliphatic rings. The molecule has 0 saturated heterocycles. The number of benzene rings is 12. The standard InChI is InChI=1S/C30H29NO6.C27H23NO4.C27H21NO3.C26H21N5O.2CH4/c1-3-7-26-28(15-14-25(20(2)32)30(26)37-19-29(33)34)36-17-21-8-6-10-24(16-21)35-18-23-13-12-22-9-4-5-11-27(22)31-23;1-19(27(29)30)32-26-9-5-3-7-22(26)13-10-20-11-16-24(17-12-20)31-18-23-15-14-21-6-2-4-8-25(21)28-23;29-27(30)18-13-21-5-1-2-7-23(21)19-31-25-16-10-20(11-17-25)9-14-24-15-12-22-6-3-4-8-26(22)28-24;1-2-7-22(21(6-1)17-26-28-30-31-29-26)18-32-24-15-10-19(11-16-24)9-13-23-14-12-20-5-3-4-8-25(20)27-23;;/h4-6,8-16H,3,7,17-19H2,1-2H3,(H,33,34);2-17,19H,18H2,1H3,(H,29,30);1-18H,19H2,(H,29,30);1-16H,17-18H2,(H,28,29,30,31);2*1H4/b;13-10+;14-9+,18-13+;13-9+;;. The van der Waals surface area contributed by atoms with Crippen LogP contribution in [0.3, 0.4) is 0 Å². The minimum atomic E-state index is -1.11. The zero-order chi connectivity index (χ0) is 91.6. The van der Waals surface area contributed by atoms with Crippen LogP contribution in [-0.2, 0) is 60.3 Å². The molecule has 0 bridgehead atoms. The number of H-pyrrole nitrogens is 1. The molecular formula is C112H102N8O14. The molecule has 22 nitrogen and oxygen atoms in total. The van der Waals surface area contributed by atoms with Gasteiger partial charge >= 0.3 is 17.9 Å². The van der Waals surface area contributed by atoms with Crippen molar-refractivity contribution in [2.24, 2.45) is 0 Å². The first-order valence-corrected chi connectivity index (χ1v) is 42.8. The van der Waals surface area contributed by atoms with Gasteiger partial charge in [-0.05, 0) is 198 Å². The van der Waals surface area contributed by atoms with Gasteiger partial charge in [-0.3, -0.25) is 4.79 Å². The molecule has 1 unspecified atom stereocenters. The van der Waals surface area contributed by atoms with Gasteiger partial charge in [-0.25, -0.2) is 34.3 Å². The number of fused-ring (bicyclic) bond motifs is 4. The molecule has 0 aliphatic heterocycles. The first kappa shape index (κ1) is 96.1. The molecule has 0 aliphatic carbocycles. The average molecular weight is 1780 g/mol. The maximum atomic E-state index is 12.1. The smallest absolute Gasteiger partial charge is 0.344 e. The largest absolute Gasteiger partial charge is 0.489 e. The van der Waals surface area contributed by atoms with Crippen molar-refractivity contribution < 1.29 is 67.7 Å². The molecule has 5 aromatic heterocycles. The van der Waals surface area contributed by atoms with Crippen molar-refractivity contribution in [3.05, 3.63) is 423 Å². The number of carbonyl (C=O) groups is 4. The number of carboxylic acids is 3. The molecule has 0 saturated carbocycles. The van der Waals surface area contributed by atoms with E-state index in [4.69, 9.17) is 48.5 Å². The Labute approximate surface area is 777 Å². The van der Waals surface area contributed by atoms with E-state index in [1.807, 2.05) is 310 Å². The number of ketones is 1. The molecule has 134 heavy (non-hydrogen) atoms. The number of tetrazole rings is 1. The van der Waals surface area contributed by atoms with Crippen LogP contribution in [0.4, 0.5) is 0 Å². The van der Waals surface area contributed by atoms with Gasteiger partial charge in [0.05, 0.1) is 50.4 Å². The Morgan fingerprint density at radius 3 is 1.39 bits per heavy atom. The fourth-order valence-electron chi connectivity index (χ4n) is 13.9. The van der Waals surface area contributed by atoms with E-state index in [9.17, 15) is 19.2 Å². The number of hydrogen-bond acceptors (Lipinski definition) is 18. The van der Waals surface area contributed by atoms with E-state index in [0.29, 0.717) is 73.5 Å². The first-order valence-electron chi connectivity index (χ1n) is 42.8. The van der Waals surface area contributed by atoms with Gasteiger partial charge in [0, 0.05) is 45.2 Å². The predicted molar refractivity (Wildman–Crippen MR) is 529 cm³/mol. The van der Waals surface area contributed by atoms with Crippen molar-refractivity contribution in [3.63, 3.8) is 0 Å². The third-order valence-electron chi connectivity index (χ3n) is 20.7. The highest BCUT2D eigenvalue weighted by atomic mass is 16.5. The number of hydrogen-bond donors (Lipinski definition) is 4. The van der Waals surface area contributed by atoms with Gasteiger partial charge in [-0.15, -0.1) is 10.2 Å². The quantitative estimate of drug-likeness (QED) is 0.0165. The Bertz CT molecular complexity index is 6920. The summed E-state index contributed by atoms with van der Waals surface area (Å²) in [6, 6.07) is 106. The minimum Gasteiger partial charge on any atom is -0.489 e. The Morgan fingerprint density at radius 1 is 0.403 bits per heavy atom. The number of Topliss-reactive ketones (excluding diaryl/α,β-unsaturated/α-hetero) is 1. The van der Waals surface area contributed by atoms with Crippen molar-refractivity contribution in [1.29, 1.82) is 0 Å². The third kappa shape index (κ3) is 28.5. The summed E-state index contributed by atoms with van der Waals surface area (Å²) in [7, 11) is 0. The van der Waals surface area contributed by atoms with E-state index in [-0.39, 0.29) is 33.0 Å². The van der Waals surface area contributed by atoms with E-state index < -0.39 is 30.6 Å². The molecule has 674 valence electrons. The number of pyridine rings is 4. The predicted octanol–water partition coefficient (Wildman–Crippen LogP) is 24.3. The second-order valence-corrected chi connectivity index (χ2v) is 30.3. The number of carboxylic acid groups (broad SMARTS) is 3. The summed E-state index contributed by atoms with van der Waals surface area (Å²) in [5.41, 5.74) is 17.2. The second-order valence-electron chi connectivity index (χ2n) is 30.3. The van der Waals surface area contributed by atoms with E-state index in [1.54, 1.807) is 24.3 Å². The van der Waals surface area contributed by atoms with E-state index >= 15 is 0 Å². The molecule has 5 heterocycles. The summed E-state index contributed by atoms with van der Waals surface area (Å²) in [5, 5.41) is 45.6. The van der Waals surface area contributed by atoms with E-state index in [2.05, 4.69) is 83.0 Å². The Morgan fingerprint density at radius 2 is 0.873 bits per heavy atom. The summed E-state index contributed by atoms with van der Waals surface area (Å²) in [6.07, 6.45) is 15.7. The lowest BCUT2D eigenvalue weighted by Crippen LogP contribution is -2.23. The molecule has 1 atom stereocenters. The summed E-state index contributed by atoms with van der Waals surface area (Å²) < 4.78 is 41.0. The van der Waals surface area contributed by atoms with Gasteiger partial charge in [0.1, 0.15) is 73.3 Å².